The van der Waals surface area contributed by atoms with Crippen LogP contribution >= 0.6 is 0 Å². The lowest BCUT2D eigenvalue weighted by molar-refractivity contribution is -0.147. The number of primary amides is 1. The number of ketones is 2. The lowest BCUT2D eigenvalue weighted by Crippen LogP contribution is -2.58. The maximum absolute atomic E-state index is 13.6. The van der Waals surface area contributed by atoms with Crippen molar-refractivity contribution in [3.63, 3.8) is 0 Å². The normalized spacial score (nSPS) is 24.5. The van der Waals surface area contributed by atoms with Crippen molar-refractivity contribution < 1.29 is 34.4 Å². The fourth-order valence-electron chi connectivity index (χ4n) is 5.60. The van der Waals surface area contributed by atoms with Crippen molar-refractivity contribution in [2.45, 2.75) is 24.9 Å². The molecular formula is C28H24N2O7. The number of Topliss-reactive ketones (excluding diaryl/α,β-unsaturated/α-hetero) is 2. The molecule has 3 aliphatic rings. The number of methoxy groups -OCH3 is 1. The van der Waals surface area contributed by atoms with Crippen molar-refractivity contribution in [2.24, 2.45) is 17.6 Å². The molecule has 2 aromatic rings. The van der Waals surface area contributed by atoms with Gasteiger partial charge in [0.15, 0.2) is 11.4 Å². The molecule has 0 spiro atoms. The number of amides is 1. The third kappa shape index (κ3) is 3.57. The van der Waals surface area contributed by atoms with Gasteiger partial charge in [-0.05, 0) is 60.7 Å². The number of anilines is 1. The quantitative estimate of drug-likeness (QED) is 0.235. The summed E-state index contributed by atoms with van der Waals surface area (Å²) in [5, 5.41) is 33.4. The number of rotatable bonds is 2. The maximum Gasteiger partial charge on any atom is 0.255 e. The van der Waals surface area contributed by atoms with Gasteiger partial charge in [-0.25, -0.2) is 0 Å². The second-order valence-corrected chi connectivity index (χ2v) is 9.45. The smallest absolute Gasteiger partial charge is 0.255 e. The Labute approximate surface area is 212 Å². The van der Waals surface area contributed by atoms with Crippen LogP contribution in [0.1, 0.15) is 35.1 Å². The van der Waals surface area contributed by atoms with Crippen molar-refractivity contribution in [2.75, 3.05) is 12.8 Å². The second kappa shape index (κ2) is 8.54. The van der Waals surface area contributed by atoms with Crippen molar-refractivity contribution in [1.82, 2.24) is 0 Å². The minimum atomic E-state index is -2.55. The highest BCUT2D eigenvalue weighted by Crippen LogP contribution is 2.52. The van der Waals surface area contributed by atoms with Crippen LogP contribution in [0.2, 0.25) is 0 Å². The first kappa shape index (κ1) is 24.2. The second-order valence-electron chi connectivity index (χ2n) is 9.45. The van der Waals surface area contributed by atoms with Crippen LogP contribution in [0.25, 0.3) is 5.76 Å². The number of carbonyl (C=O) groups is 3. The summed E-state index contributed by atoms with van der Waals surface area (Å²) in [5.74, 6) is 0.522. The predicted octanol–water partition coefficient (Wildman–Crippen LogP) is 1.71. The SMILES string of the molecule is COc1ccc(C#Cc2ccc(N)cc2)c2c1C(O)=C1C(=O)[C@]3(O)C(O)=C(C(N)=O)C(=O)C[C@@H]3C[C@@H]1C2. The van der Waals surface area contributed by atoms with Gasteiger partial charge in [-0.1, -0.05) is 11.8 Å². The van der Waals surface area contributed by atoms with Gasteiger partial charge in [0.2, 0.25) is 5.78 Å². The van der Waals surface area contributed by atoms with Crippen molar-refractivity contribution >= 4 is 28.9 Å². The molecule has 0 heterocycles. The van der Waals surface area contributed by atoms with Gasteiger partial charge < -0.3 is 31.5 Å². The lowest BCUT2D eigenvalue weighted by Gasteiger charge is -2.46. The topological polar surface area (TPSA) is 173 Å². The molecule has 0 radical (unpaired) electrons. The molecule has 3 aliphatic carbocycles. The summed E-state index contributed by atoms with van der Waals surface area (Å²) in [5.41, 5.74) is 10.4. The largest absolute Gasteiger partial charge is 0.508 e. The van der Waals surface area contributed by atoms with Crippen LogP contribution in [-0.4, -0.2) is 45.5 Å². The summed E-state index contributed by atoms with van der Waals surface area (Å²) in [6.07, 6.45) is 0.0339. The third-order valence-electron chi connectivity index (χ3n) is 7.40. The molecule has 0 aromatic heterocycles. The number of nitrogen functional groups attached to an aromatic ring is 1. The summed E-state index contributed by atoms with van der Waals surface area (Å²) < 4.78 is 5.45. The zero-order chi connectivity index (χ0) is 26.6. The molecule has 0 bridgehead atoms. The van der Waals surface area contributed by atoms with Gasteiger partial charge >= 0.3 is 0 Å². The molecule has 0 unspecified atom stereocenters. The minimum Gasteiger partial charge on any atom is -0.508 e. The number of hydrogen-bond donors (Lipinski definition) is 5. The summed E-state index contributed by atoms with van der Waals surface area (Å²) in [6.45, 7) is 0. The van der Waals surface area contributed by atoms with Crippen LogP contribution in [-0.2, 0) is 20.8 Å². The highest BCUT2D eigenvalue weighted by atomic mass is 16.5. The van der Waals surface area contributed by atoms with E-state index in [0.717, 1.165) is 5.56 Å². The van der Waals surface area contributed by atoms with Gasteiger partial charge in [-0.3, -0.25) is 14.4 Å². The van der Waals surface area contributed by atoms with E-state index in [1.807, 2.05) is 0 Å². The van der Waals surface area contributed by atoms with Crippen LogP contribution in [0.3, 0.4) is 0 Å². The Morgan fingerprint density at radius 1 is 1.08 bits per heavy atom. The predicted molar refractivity (Wildman–Crippen MR) is 133 cm³/mol. The molecule has 9 nitrogen and oxygen atoms in total. The van der Waals surface area contributed by atoms with Gasteiger partial charge in [-0.15, -0.1) is 0 Å². The Morgan fingerprint density at radius 2 is 1.78 bits per heavy atom. The summed E-state index contributed by atoms with van der Waals surface area (Å²) in [6, 6.07) is 10.4. The number of nitrogens with two attached hydrogens (primary N) is 2. The third-order valence-corrected chi connectivity index (χ3v) is 7.40. The van der Waals surface area contributed by atoms with E-state index < -0.39 is 52.0 Å². The van der Waals surface area contributed by atoms with E-state index in [4.69, 9.17) is 16.2 Å². The molecule has 37 heavy (non-hydrogen) atoms. The highest BCUT2D eigenvalue weighted by Gasteiger charge is 2.60. The highest BCUT2D eigenvalue weighted by molar-refractivity contribution is 6.22. The number of benzene rings is 2. The van der Waals surface area contributed by atoms with E-state index in [-0.39, 0.29) is 30.4 Å². The number of fused-ring (bicyclic) bond motifs is 3. The van der Waals surface area contributed by atoms with E-state index in [2.05, 4.69) is 11.8 Å². The molecule has 188 valence electrons. The average molecular weight is 501 g/mol. The Kier molecular flexibility index (Phi) is 5.57. The number of ether oxygens (including phenoxy) is 1. The van der Waals surface area contributed by atoms with Crippen LogP contribution in [0.4, 0.5) is 5.69 Å². The first-order chi connectivity index (χ1) is 17.6. The number of aliphatic hydroxyl groups is 3. The molecule has 7 N–H and O–H groups in total. The molecule has 0 saturated heterocycles. The molecule has 1 saturated carbocycles. The van der Waals surface area contributed by atoms with Gasteiger partial charge in [0, 0.05) is 34.7 Å². The summed E-state index contributed by atoms with van der Waals surface area (Å²) >= 11 is 0. The number of carbonyl (C=O) groups excluding carboxylic acids is 3. The summed E-state index contributed by atoms with van der Waals surface area (Å²) in [7, 11) is 1.42. The van der Waals surface area contributed by atoms with E-state index in [1.54, 1.807) is 36.4 Å². The Morgan fingerprint density at radius 3 is 2.43 bits per heavy atom. The molecule has 1 amide bonds. The Balaban J connectivity index is 1.66. The van der Waals surface area contributed by atoms with Crippen molar-refractivity contribution in [1.29, 1.82) is 0 Å². The molecule has 0 aliphatic heterocycles. The molecule has 1 fully saturated rings. The Bertz CT molecular complexity index is 1510. The molecule has 2 aromatic carbocycles. The zero-order valence-electron chi connectivity index (χ0n) is 19.9. The van der Waals surface area contributed by atoms with Gasteiger partial charge in [0.25, 0.3) is 5.91 Å². The van der Waals surface area contributed by atoms with E-state index >= 15 is 0 Å². The fraction of sp³-hybridized carbons (Fsp3) is 0.250. The lowest BCUT2D eigenvalue weighted by atomic mass is 9.59. The molecular weight excluding hydrogens is 476 g/mol. The van der Waals surface area contributed by atoms with Crippen LogP contribution < -0.4 is 16.2 Å². The van der Waals surface area contributed by atoms with E-state index in [0.29, 0.717) is 22.6 Å². The van der Waals surface area contributed by atoms with Crippen molar-refractivity contribution in [3.8, 4) is 17.6 Å². The fourth-order valence-corrected chi connectivity index (χ4v) is 5.60. The zero-order valence-corrected chi connectivity index (χ0v) is 19.9. The van der Waals surface area contributed by atoms with Crippen LogP contribution in [0.5, 0.6) is 5.75 Å². The maximum atomic E-state index is 13.6. The molecule has 3 atom stereocenters. The molecule has 9 heteroatoms. The standard InChI is InChI=1S/C28H24N2O7/c1-37-20-9-6-14(5-2-13-3-7-17(29)8-4-13)18-11-15-10-16-12-19(31)23(27(30)35)26(34)28(16,36)25(33)21(15)24(32)22(18)20/h3-4,6-9,15-16,32,34,36H,10-12,29H2,1H3,(H2,30,35)/t15-,16+,28+/m1/s1. The van der Waals surface area contributed by atoms with Crippen LogP contribution in [0.15, 0.2) is 53.3 Å². The number of hydrogen-bond acceptors (Lipinski definition) is 8. The summed E-state index contributed by atoms with van der Waals surface area (Å²) in [4.78, 5) is 37.9. The first-order valence-electron chi connectivity index (χ1n) is 11.6. The Hall–Kier alpha value is -4.55. The van der Waals surface area contributed by atoms with Gasteiger partial charge in [-0.2, -0.15) is 0 Å². The monoisotopic (exact) mass is 500 g/mol. The first-order valence-corrected chi connectivity index (χ1v) is 11.6. The average Bonchev–Trinajstić information content (AvgIpc) is 2.85. The van der Waals surface area contributed by atoms with Crippen molar-refractivity contribution in [3.05, 3.63) is 75.6 Å². The number of aliphatic hydroxyl groups excluding tert-OH is 2. The van der Waals surface area contributed by atoms with Crippen LogP contribution in [0, 0.1) is 23.7 Å². The van der Waals surface area contributed by atoms with Gasteiger partial charge in [0.05, 0.1) is 12.7 Å². The minimum absolute atomic E-state index is 0.0992. The molecule has 5 rings (SSSR count). The van der Waals surface area contributed by atoms with Gasteiger partial charge in [0.1, 0.15) is 22.8 Å². The van der Waals surface area contributed by atoms with E-state index in [9.17, 15) is 29.7 Å². The van der Waals surface area contributed by atoms with E-state index in [1.165, 1.54) is 7.11 Å².